The van der Waals surface area contributed by atoms with Crippen molar-refractivity contribution in [1.29, 1.82) is 5.26 Å². The van der Waals surface area contributed by atoms with E-state index in [-0.39, 0.29) is 22.8 Å². The Labute approximate surface area is 158 Å². The number of rotatable bonds is 6. The SMILES string of the molecule is N#Cc1c(OC(Cl)(Cl)Cl)cccc1S(=O)(=O)NCCc1cccs1. The lowest BCUT2D eigenvalue weighted by Crippen LogP contribution is -2.27. The van der Waals surface area contributed by atoms with Crippen LogP contribution in [0, 0.1) is 11.3 Å². The third kappa shape index (κ3) is 5.24. The molecular weight excluding hydrogens is 415 g/mol. The highest BCUT2D eigenvalue weighted by atomic mass is 35.6. The van der Waals surface area contributed by atoms with E-state index in [1.807, 2.05) is 17.5 Å². The van der Waals surface area contributed by atoms with E-state index in [1.165, 1.54) is 29.5 Å². The van der Waals surface area contributed by atoms with Gasteiger partial charge in [-0.1, -0.05) is 12.1 Å². The molecule has 0 spiro atoms. The summed E-state index contributed by atoms with van der Waals surface area (Å²) in [7, 11) is -3.91. The van der Waals surface area contributed by atoms with Gasteiger partial charge in [0.15, 0.2) is 0 Å². The highest BCUT2D eigenvalue weighted by Gasteiger charge is 2.27. The van der Waals surface area contributed by atoms with Crippen LogP contribution in [0.3, 0.4) is 0 Å². The van der Waals surface area contributed by atoms with Crippen LogP contribution in [-0.4, -0.2) is 18.9 Å². The molecule has 2 aromatic rings. The van der Waals surface area contributed by atoms with E-state index in [9.17, 15) is 13.7 Å². The molecule has 0 bridgehead atoms. The van der Waals surface area contributed by atoms with Crippen molar-refractivity contribution < 1.29 is 13.2 Å². The number of ether oxygens (including phenoxy) is 1. The Hall–Kier alpha value is -1.01. The largest absolute Gasteiger partial charge is 0.444 e. The monoisotopic (exact) mass is 424 g/mol. The van der Waals surface area contributed by atoms with Crippen molar-refractivity contribution in [2.75, 3.05) is 6.54 Å². The fourth-order valence-corrected chi connectivity index (χ4v) is 4.05. The van der Waals surface area contributed by atoms with Gasteiger partial charge < -0.3 is 4.74 Å². The van der Waals surface area contributed by atoms with Gasteiger partial charge in [0, 0.05) is 11.4 Å². The molecule has 0 radical (unpaired) electrons. The Kier molecular flexibility index (Phi) is 6.37. The van der Waals surface area contributed by atoms with E-state index in [1.54, 1.807) is 6.07 Å². The molecule has 0 saturated carbocycles. The van der Waals surface area contributed by atoms with Crippen LogP contribution in [0.2, 0.25) is 0 Å². The van der Waals surface area contributed by atoms with E-state index in [2.05, 4.69) is 4.72 Å². The normalized spacial score (nSPS) is 11.9. The number of thiophene rings is 1. The number of alkyl halides is 3. The molecule has 0 aliphatic heterocycles. The maximum atomic E-state index is 12.4. The Balaban J connectivity index is 2.23. The zero-order valence-electron chi connectivity index (χ0n) is 12.0. The molecule has 1 N–H and O–H groups in total. The third-order valence-electron chi connectivity index (χ3n) is 2.86. The van der Waals surface area contributed by atoms with Crippen molar-refractivity contribution in [1.82, 2.24) is 4.72 Å². The van der Waals surface area contributed by atoms with Gasteiger partial charge >= 0.3 is 3.98 Å². The molecule has 2 rings (SSSR count). The first-order valence-electron chi connectivity index (χ1n) is 6.54. The molecule has 128 valence electrons. The number of sulfonamides is 1. The first-order chi connectivity index (χ1) is 11.2. The maximum Gasteiger partial charge on any atom is 0.338 e. The Morgan fingerprint density at radius 1 is 1.25 bits per heavy atom. The van der Waals surface area contributed by atoms with Crippen LogP contribution in [-0.2, 0) is 16.4 Å². The van der Waals surface area contributed by atoms with Crippen LogP contribution in [0.5, 0.6) is 5.75 Å². The van der Waals surface area contributed by atoms with Crippen molar-refractivity contribution in [3.8, 4) is 11.8 Å². The van der Waals surface area contributed by atoms with Gasteiger partial charge in [-0.3, -0.25) is 0 Å². The molecule has 0 unspecified atom stereocenters. The molecule has 1 heterocycles. The van der Waals surface area contributed by atoms with Crippen molar-refractivity contribution in [2.45, 2.75) is 15.3 Å². The molecule has 0 aliphatic carbocycles. The Morgan fingerprint density at radius 2 is 2.00 bits per heavy atom. The smallest absolute Gasteiger partial charge is 0.338 e. The molecular formula is C14H11Cl3N2O3S2. The van der Waals surface area contributed by atoms with Crippen LogP contribution >= 0.6 is 46.1 Å². The first-order valence-corrected chi connectivity index (χ1v) is 10.0. The van der Waals surface area contributed by atoms with Crippen molar-refractivity contribution >= 4 is 56.2 Å². The van der Waals surface area contributed by atoms with Crippen molar-refractivity contribution in [3.05, 3.63) is 46.2 Å². The number of nitrogens with zero attached hydrogens (tertiary/aromatic N) is 1. The molecule has 10 heteroatoms. The summed E-state index contributed by atoms with van der Waals surface area (Å²) in [4.78, 5) is 0.814. The minimum absolute atomic E-state index is 0.126. The summed E-state index contributed by atoms with van der Waals surface area (Å²) in [5.41, 5.74) is -0.229. The minimum Gasteiger partial charge on any atom is -0.444 e. The summed E-state index contributed by atoms with van der Waals surface area (Å²) in [6, 6.07) is 9.62. The second-order valence-corrected chi connectivity index (χ2v) is 9.46. The molecule has 0 fully saturated rings. The number of nitriles is 1. The molecule has 0 amide bonds. The molecule has 5 nitrogen and oxygen atoms in total. The van der Waals surface area contributed by atoms with Gasteiger partial charge in [-0.2, -0.15) is 5.26 Å². The van der Waals surface area contributed by atoms with E-state index < -0.39 is 14.0 Å². The zero-order valence-corrected chi connectivity index (χ0v) is 15.9. The zero-order chi connectivity index (χ0) is 17.8. The second-order valence-electron chi connectivity index (χ2n) is 4.52. The van der Waals surface area contributed by atoms with Crippen molar-refractivity contribution in [2.24, 2.45) is 0 Å². The summed E-state index contributed by atoms with van der Waals surface area (Å²) in [6.07, 6.45) is 0.545. The summed E-state index contributed by atoms with van der Waals surface area (Å²) in [5, 5.41) is 11.2. The standard InChI is InChI=1S/C14H11Cl3N2O3S2/c15-14(16,17)22-12-4-1-5-13(11(12)9-18)24(20,21)19-7-6-10-3-2-8-23-10/h1-5,8,19H,6-7H2. The topological polar surface area (TPSA) is 79.2 Å². The van der Waals surface area contributed by atoms with Gasteiger partial charge in [-0.25, -0.2) is 13.1 Å². The number of hydrogen-bond acceptors (Lipinski definition) is 5. The molecule has 1 aromatic heterocycles. The van der Waals surface area contributed by atoms with E-state index >= 15 is 0 Å². The maximum absolute atomic E-state index is 12.4. The number of halogens is 3. The predicted octanol–water partition coefficient (Wildman–Crippen LogP) is 3.85. The number of nitrogens with one attached hydrogen (secondary N) is 1. The van der Waals surface area contributed by atoms with Gasteiger partial charge in [0.1, 0.15) is 22.3 Å². The minimum atomic E-state index is -3.91. The fourth-order valence-electron chi connectivity index (χ4n) is 1.90. The van der Waals surface area contributed by atoms with Gasteiger partial charge in [0.05, 0.1) is 0 Å². The molecule has 0 atom stereocenters. The molecule has 24 heavy (non-hydrogen) atoms. The van der Waals surface area contributed by atoms with Crippen LogP contribution < -0.4 is 9.46 Å². The average molecular weight is 426 g/mol. The highest BCUT2D eigenvalue weighted by molar-refractivity contribution is 7.89. The van der Waals surface area contributed by atoms with Crippen LogP contribution in [0.1, 0.15) is 10.4 Å². The Bertz CT molecular complexity index is 841. The van der Waals surface area contributed by atoms with Crippen LogP contribution in [0.4, 0.5) is 0 Å². The molecule has 1 aromatic carbocycles. The third-order valence-corrected chi connectivity index (χ3v) is 5.53. The molecule has 0 saturated heterocycles. The van der Waals surface area contributed by atoms with Crippen molar-refractivity contribution in [3.63, 3.8) is 0 Å². The lowest BCUT2D eigenvalue weighted by molar-refractivity contribution is 0.318. The van der Waals surface area contributed by atoms with E-state index in [4.69, 9.17) is 39.5 Å². The summed E-state index contributed by atoms with van der Waals surface area (Å²) in [6.45, 7) is 0.198. The lowest BCUT2D eigenvalue weighted by atomic mass is 10.2. The number of hydrogen-bond donors (Lipinski definition) is 1. The van der Waals surface area contributed by atoms with Gasteiger partial charge in [0.2, 0.25) is 10.0 Å². The van der Waals surface area contributed by atoms with Gasteiger partial charge in [-0.15, -0.1) is 11.3 Å². The molecule has 0 aliphatic rings. The predicted molar refractivity (Wildman–Crippen MR) is 95.3 cm³/mol. The fraction of sp³-hybridized carbons (Fsp3) is 0.214. The quantitative estimate of drug-likeness (QED) is 0.713. The number of benzene rings is 1. The Morgan fingerprint density at radius 3 is 2.58 bits per heavy atom. The summed E-state index contributed by atoms with van der Waals surface area (Å²) in [5.74, 6) is -0.126. The second kappa shape index (κ2) is 7.91. The van der Waals surface area contributed by atoms with Crippen LogP contribution in [0.15, 0.2) is 40.6 Å². The van der Waals surface area contributed by atoms with E-state index in [0.29, 0.717) is 6.42 Å². The van der Waals surface area contributed by atoms with Gasteiger partial charge in [0.25, 0.3) is 0 Å². The van der Waals surface area contributed by atoms with E-state index in [0.717, 1.165) is 4.88 Å². The van der Waals surface area contributed by atoms with Crippen LogP contribution in [0.25, 0.3) is 0 Å². The highest BCUT2D eigenvalue weighted by Crippen LogP contribution is 2.34. The average Bonchev–Trinajstić information content (AvgIpc) is 2.98. The lowest BCUT2D eigenvalue weighted by Gasteiger charge is -2.16. The first kappa shape index (κ1) is 19.3. The van der Waals surface area contributed by atoms with Gasteiger partial charge in [-0.05, 0) is 64.8 Å². The summed E-state index contributed by atoms with van der Waals surface area (Å²) < 4.78 is 30.2. The summed E-state index contributed by atoms with van der Waals surface area (Å²) >= 11 is 18.2.